The molecule has 0 aliphatic carbocycles. The molecule has 3 nitrogen and oxygen atoms in total. The molecule has 1 saturated heterocycles. The van der Waals surface area contributed by atoms with Crippen LogP contribution < -0.4 is 5.32 Å². The molecular formula is C6H11NO2. The molecule has 1 aliphatic heterocycles. The summed E-state index contributed by atoms with van der Waals surface area (Å²) >= 11 is 0. The zero-order valence-corrected chi connectivity index (χ0v) is 5.68. The van der Waals surface area contributed by atoms with Crippen LogP contribution in [0.25, 0.3) is 0 Å². The third-order valence-corrected chi connectivity index (χ3v) is 1.56. The molecule has 1 amide bonds. The van der Waals surface area contributed by atoms with E-state index in [0.717, 1.165) is 6.42 Å². The fraction of sp³-hybridized carbons (Fsp3) is 0.833. The first-order valence-electron chi connectivity index (χ1n) is 3.21. The summed E-state index contributed by atoms with van der Waals surface area (Å²) < 4.78 is 4.87. The Labute approximate surface area is 54.4 Å². The van der Waals surface area contributed by atoms with Crippen molar-refractivity contribution in [2.75, 3.05) is 0 Å². The summed E-state index contributed by atoms with van der Waals surface area (Å²) in [6.45, 7) is 3.94. The van der Waals surface area contributed by atoms with Gasteiger partial charge in [-0.2, -0.15) is 0 Å². The highest BCUT2D eigenvalue weighted by molar-refractivity contribution is 5.70. The lowest BCUT2D eigenvalue weighted by Gasteiger charge is -2.07. The van der Waals surface area contributed by atoms with Crippen molar-refractivity contribution in [3.63, 3.8) is 0 Å². The number of hydrogen-bond donors (Lipinski definition) is 1. The number of hydrogen-bond acceptors (Lipinski definition) is 2. The van der Waals surface area contributed by atoms with Crippen LogP contribution in [0.4, 0.5) is 4.79 Å². The van der Waals surface area contributed by atoms with Gasteiger partial charge in [-0.1, -0.05) is 6.92 Å². The van der Waals surface area contributed by atoms with Gasteiger partial charge >= 0.3 is 6.09 Å². The number of alkyl carbamates (subject to hydrolysis) is 1. The third kappa shape index (κ3) is 1.15. The second kappa shape index (κ2) is 2.25. The first kappa shape index (κ1) is 6.39. The molecule has 52 valence electrons. The zero-order chi connectivity index (χ0) is 6.85. The molecule has 0 bridgehead atoms. The third-order valence-electron chi connectivity index (χ3n) is 1.56. The highest BCUT2D eigenvalue weighted by Crippen LogP contribution is 2.10. The Bertz CT molecular complexity index is 124. The van der Waals surface area contributed by atoms with Gasteiger partial charge in [-0.05, 0) is 13.3 Å². The predicted molar refractivity (Wildman–Crippen MR) is 33.2 cm³/mol. The van der Waals surface area contributed by atoms with Gasteiger partial charge in [0.15, 0.2) is 0 Å². The molecule has 1 N–H and O–H groups in total. The first-order valence-corrected chi connectivity index (χ1v) is 3.21. The predicted octanol–water partition coefficient (Wildman–Crippen LogP) is 0.893. The van der Waals surface area contributed by atoms with Gasteiger partial charge in [0.1, 0.15) is 6.10 Å². The maximum atomic E-state index is 10.5. The summed E-state index contributed by atoms with van der Waals surface area (Å²) in [6, 6.07) is 0.183. The Morgan fingerprint density at radius 2 is 2.44 bits per heavy atom. The minimum atomic E-state index is -0.283. The van der Waals surface area contributed by atoms with E-state index in [1.807, 2.05) is 13.8 Å². The number of carbonyl (C=O) groups excluding carboxylic acids is 1. The van der Waals surface area contributed by atoms with E-state index >= 15 is 0 Å². The van der Waals surface area contributed by atoms with Gasteiger partial charge < -0.3 is 10.1 Å². The second-order valence-electron chi connectivity index (χ2n) is 2.29. The quantitative estimate of drug-likeness (QED) is 0.571. The molecule has 2 atom stereocenters. The molecule has 0 saturated carbocycles. The maximum Gasteiger partial charge on any atom is 0.407 e. The summed E-state index contributed by atoms with van der Waals surface area (Å²) in [4.78, 5) is 10.5. The number of amides is 1. The van der Waals surface area contributed by atoms with E-state index in [1.165, 1.54) is 0 Å². The summed E-state index contributed by atoms with van der Waals surface area (Å²) in [5, 5.41) is 2.66. The number of cyclic esters (lactones) is 1. The van der Waals surface area contributed by atoms with Gasteiger partial charge in [0.25, 0.3) is 0 Å². The van der Waals surface area contributed by atoms with Crippen molar-refractivity contribution >= 4 is 6.09 Å². The van der Waals surface area contributed by atoms with Crippen LogP contribution in [0.15, 0.2) is 0 Å². The van der Waals surface area contributed by atoms with Crippen molar-refractivity contribution in [2.45, 2.75) is 32.4 Å². The summed E-state index contributed by atoms with van der Waals surface area (Å²) in [6.07, 6.45) is 0.687. The Morgan fingerprint density at radius 3 is 2.67 bits per heavy atom. The summed E-state index contributed by atoms with van der Waals surface area (Å²) in [5.41, 5.74) is 0. The highest BCUT2D eigenvalue weighted by Gasteiger charge is 2.28. The standard InChI is InChI=1S/C6H11NO2/c1-3-5-4(2)7-6(8)9-5/h4-5H,3H2,1-2H3,(H,7,8)/t4-,5+/m0/s1. The minimum absolute atomic E-state index is 0.0810. The molecule has 0 spiro atoms. The molecule has 0 aromatic heterocycles. The fourth-order valence-electron chi connectivity index (χ4n) is 0.989. The molecule has 3 heteroatoms. The largest absolute Gasteiger partial charge is 0.444 e. The zero-order valence-electron chi connectivity index (χ0n) is 5.68. The van der Waals surface area contributed by atoms with Crippen molar-refractivity contribution in [1.82, 2.24) is 5.32 Å². The van der Waals surface area contributed by atoms with Crippen molar-refractivity contribution in [2.24, 2.45) is 0 Å². The topological polar surface area (TPSA) is 38.3 Å². The van der Waals surface area contributed by atoms with E-state index in [-0.39, 0.29) is 18.2 Å². The van der Waals surface area contributed by atoms with Gasteiger partial charge in [-0.3, -0.25) is 0 Å². The van der Waals surface area contributed by atoms with Crippen molar-refractivity contribution in [1.29, 1.82) is 0 Å². The Morgan fingerprint density at radius 1 is 1.78 bits per heavy atom. The van der Waals surface area contributed by atoms with E-state index in [0.29, 0.717) is 0 Å². The molecule has 0 radical (unpaired) electrons. The molecular weight excluding hydrogens is 118 g/mol. The maximum absolute atomic E-state index is 10.5. The summed E-state index contributed by atoms with van der Waals surface area (Å²) in [7, 11) is 0. The van der Waals surface area contributed by atoms with Crippen molar-refractivity contribution < 1.29 is 9.53 Å². The van der Waals surface area contributed by atoms with Crippen LogP contribution in [0.1, 0.15) is 20.3 Å². The minimum Gasteiger partial charge on any atom is -0.444 e. The Balaban J connectivity index is 2.47. The van der Waals surface area contributed by atoms with Gasteiger partial charge in [0.2, 0.25) is 0 Å². The summed E-state index contributed by atoms with van der Waals surface area (Å²) in [5.74, 6) is 0. The lowest BCUT2D eigenvalue weighted by atomic mass is 10.1. The van der Waals surface area contributed by atoms with E-state index in [9.17, 15) is 4.79 Å². The van der Waals surface area contributed by atoms with Crippen molar-refractivity contribution in [3.05, 3.63) is 0 Å². The Hall–Kier alpha value is -0.730. The Kier molecular flexibility index (Phi) is 1.60. The normalized spacial score (nSPS) is 33.8. The molecule has 9 heavy (non-hydrogen) atoms. The number of rotatable bonds is 1. The molecule has 0 aromatic rings. The first-order chi connectivity index (χ1) is 4.24. The smallest absolute Gasteiger partial charge is 0.407 e. The lowest BCUT2D eigenvalue weighted by molar-refractivity contribution is 0.131. The van der Waals surface area contributed by atoms with E-state index in [2.05, 4.69) is 5.32 Å². The van der Waals surface area contributed by atoms with Crippen LogP contribution in [0, 0.1) is 0 Å². The average molecular weight is 129 g/mol. The van der Waals surface area contributed by atoms with Gasteiger partial charge in [-0.15, -0.1) is 0 Å². The van der Waals surface area contributed by atoms with Crippen LogP contribution in [-0.4, -0.2) is 18.2 Å². The molecule has 0 unspecified atom stereocenters. The van der Waals surface area contributed by atoms with E-state index in [4.69, 9.17) is 4.74 Å². The lowest BCUT2D eigenvalue weighted by Crippen LogP contribution is -2.27. The van der Waals surface area contributed by atoms with Crippen molar-refractivity contribution in [3.8, 4) is 0 Å². The molecule has 0 aromatic carbocycles. The van der Waals surface area contributed by atoms with Crippen LogP contribution in [-0.2, 0) is 4.74 Å². The number of carbonyl (C=O) groups is 1. The van der Waals surface area contributed by atoms with Crippen LogP contribution in [0.2, 0.25) is 0 Å². The number of ether oxygens (including phenoxy) is 1. The van der Waals surface area contributed by atoms with Crippen LogP contribution in [0.5, 0.6) is 0 Å². The van der Waals surface area contributed by atoms with Gasteiger partial charge in [0, 0.05) is 0 Å². The molecule has 1 heterocycles. The molecule has 1 fully saturated rings. The van der Waals surface area contributed by atoms with Gasteiger partial charge in [-0.25, -0.2) is 4.79 Å². The second-order valence-corrected chi connectivity index (χ2v) is 2.29. The average Bonchev–Trinajstić information content (AvgIpc) is 2.10. The SMILES string of the molecule is CC[C@H]1OC(=O)N[C@H]1C. The highest BCUT2D eigenvalue weighted by atomic mass is 16.6. The van der Waals surface area contributed by atoms with E-state index < -0.39 is 0 Å². The van der Waals surface area contributed by atoms with Crippen LogP contribution >= 0.6 is 0 Å². The van der Waals surface area contributed by atoms with Gasteiger partial charge in [0.05, 0.1) is 6.04 Å². The van der Waals surface area contributed by atoms with Crippen LogP contribution in [0.3, 0.4) is 0 Å². The van der Waals surface area contributed by atoms with E-state index in [1.54, 1.807) is 0 Å². The number of nitrogens with one attached hydrogen (secondary N) is 1. The fourth-order valence-corrected chi connectivity index (χ4v) is 0.989. The molecule has 1 rings (SSSR count). The monoisotopic (exact) mass is 129 g/mol. The molecule has 1 aliphatic rings.